The van der Waals surface area contributed by atoms with Crippen LogP contribution in [-0.2, 0) is 5.41 Å². The summed E-state index contributed by atoms with van der Waals surface area (Å²) < 4.78 is 3.29. The third-order valence-corrected chi connectivity index (χ3v) is 7.49. The fraction of sp³-hybridized carbons (Fsp3) is 0.143. The van der Waals surface area contributed by atoms with Crippen LogP contribution in [0.3, 0.4) is 0 Å². The van der Waals surface area contributed by atoms with Crippen LogP contribution in [0.25, 0.3) is 33.4 Å². The van der Waals surface area contributed by atoms with Crippen molar-refractivity contribution in [1.82, 2.24) is 0 Å². The first-order chi connectivity index (χ1) is 14.7. The number of hydrogen-bond acceptors (Lipinski definition) is 0. The van der Waals surface area contributed by atoms with E-state index >= 15 is 0 Å². The molecule has 31 heavy (non-hydrogen) atoms. The van der Waals surface area contributed by atoms with Gasteiger partial charge >= 0.3 is 0 Å². The van der Waals surface area contributed by atoms with Gasteiger partial charge in [0, 0.05) is 13.4 Å². The zero-order valence-electron chi connectivity index (χ0n) is 17.7. The molecule has 0 bridgehead atoms. The standard InChI is InChI=1S/C28H23Br3/c1-28(2,3)21-12-13-24(27(31)17-21)20-15-18(22-8-4-6-10-25(22)29)14-19(16-20)23-9-5-7-11-26(23)30/h4-17H,1-3H3. The van der Waals surface area contributed by atoms with Crippen molar-refractivity contribution in [3.8, 4) is 33.4 Å². The third kappa shape index (κ3) is 4.89. The summed E-state index contributed by atoms with van der Waals surface area (Å²) in [5, 5.41) is 0. The minimum atomic E-state index is 0.109. The van der Waals surface area contributed by atoms with E-state index in [1.54, 1.807) is 0 Å². The molecule has 3 heteroatoms. The van der Waals surface area contributed by atoms with Crippen molar-refractivity contribution in [3.05, 3.63) is 104 Å². The summed E-state index contributed by atoms with van der Waals surface area (Å²) >= 11 is 11.3. The van der Waals surface area contributed by atoms with Crippen LogP contribution in [-0.4, -0.2) is 0 Å². The molecule has 4 aromatic carbocycles. The molecule has 0 nitrogen and oxygen atoms in total. The maximum atomic E-state index is 3.85. The Morgan fingerprint density at radius 1 is 0.484 bits per heavy atom. The van der Waals surface area contributed by atoms with Crippen LogP contribution < -0.4 is 0 Å². The summed E-state index contributed by atoms with van der Waals surface area (Å²) in [4.78, 5) is 0. The zero-order valence-corrected chi connectivity index (χ0v) is 22.5. The van der Waals surface area contributed by atoms with Gasteiger partial charge in [-0.25, -0.2) is 0 Å². The normalized spacial score (nSPS) is 11.5. The molecule has 156 valence electrons. The summed E-state index contributed by atoms with van der Waals surface area (Å²) in [5.41, 5.74) is 8.53. The summed E-state index contributed by atoms with van der Waals surface area (Å²) in [5.74, 6) is 0. The van der Waals surface area contributed by atoms with E-state index in [-0.39, 0.29) is 5.41 Å². The lowest BCUT2D eigenvalue weighted by molar-refractivity contribution is 0.590. The largest absolute Gasteiger partial charge is 0.0616 e. The minimum absolute atomic E-state index is 0.109. The summed E-state index contributed by atoms with van der Waals surface area (Å²) in [7, 11) is 0. The Kier molecular flexibility index (Phi) is 6.57. The molecule has 0 saturated heterocycles. The van der Waals surface area contributed by atoms with Crippen LogP contribution in [0.5, 0.6) is 0 Å². The second-order valence-corrected chi connectivity index (χ2v) is 11.3. The lowest BCUT2D eigenvalue weighted by Crippen LogP contribution is -2.10. The first-order valence-corrected chi connectivity index (χ1v) is 12.6. The molecule has 4 rings (SSSR count). The molecule has 0 atom stereocenters. The molecule has 0 spiro atoms. The van der Waals surface area contributed by atoms with Gasteiger partial charge in [0.2, 0.25) is 0 Å². The Morgan fingerprint density at radius 2 is 0.903 bits per heavy atom. The smallest absolute Gasteiger partial charge is 0.0256 e. The van der Waals surface area contributed by atoms with E-state index in [1.807, 2.05) is 12.1 Å². The number of halogens is 3. The topological polar surface area (TPSA) is 0 Å². The lowest BCUT2D eigenvalue weighted by Gasteiger charge is -2.20. The first kappa shape index (κ1) is 22.5. The average molecular weight is 599 g/mol. The highest BCUT2D eigenvalue weighted by Crippen LogP contribution is 2.40. The quantitative estimate of drug-likeness (QED) is 0.220. The van der Waals surface area contributed by atoms with Gasteiger partial charge in [-0.2, -0.15) is 0 Å². The molecule has 0 fully saturated rings. The summed E-state index contributed by atoms with van der Waals surface area (Å²) in [6, 6.07) is 30.3. The molecule has 0 radical (unpaired) electrons. The fourth-order valence-electron chi connectivity index (χ4n) is 3.70. The van der Waals surface area contributed by atoms with E-state index in [4.69, 9.17) is 0 Å². The monoisotopic (exact) mass is 596 g/mol. The molecule has 4 aromatic rings. The van der Waals surface area contributed by atoms with Crippen LogP contribution in [0.2, 0.25) is 0 Å². The van der Waals surface area contributed by atoms with Gasteiger partial charge in [-0.05, 0) is 80.8 Å². The summed E-state index contributed by atoms with van der Waals surface area (Å²) in [6.07, 6.45) is 0. The van der Waals surface area contributed by atoms with Gasteiger partial charge < -0.3 is 0 Å². The highest BCUT2D eigenvalue weighted by Gasteiger charge is 2.17. The second-order valence-electron chi connectivity index (χ2n) is 8.70. The molecule has 0 aliphatic heterocycles. The van der Waals surface area contributed by atoms with Gasteiger partial charge in [-0.1, -0.05) is 117 Å². The van der Waals surface area contributed by atoms with Crippen LogP contribution in [0.15, 0.2) is 98.3 Å². The molecule has 0 N–H and O–H groups in total. The van der Waals surface area contributed by atoms with E-state index in [0.29, 0.717) is 0 Å². The van der Waals surface area contributed by atoms with Gasteiger partial charge in [0.05, 0.1) is 0 Å². The predicted molar refractivity (Wildman–Crippen MR) is 145 cm³/mol. The second kappa shape index (κ2) is 9.05. The Bertz CT molecular complexity index is 1190. The number of hydrogen-bond donors (Lipinski definition) is 0. The van der Waals surface area contributed by atoms with Gasteiger partial charge in [0.15, 0.2) is 0 Å². The number of benzene rings is 4. The van der Waals surface area contributed by atoms with Crippen molar-refractivity contribution in [1.29, 1.82) is 0 Å². The molecule has 0 unspecified atom stereocenters. The molecular weight excluding hydrogens is 576 g/mol. The van der Waals surface area contributed by atoms with Crippen molar-refractivity contribution in [3.63, 3.8) is 0 Å². The van der Waals surface area contributed by atoms with Crippen LogP contribution in [0.4, 0.5) is 0 Å². The average Bonchev–Trinajstić information content (AvgIpc) is 2.73. The lowest BCUT2D eigenvalue weighted by atomic mass is 9.86. The van der Waals surface area contributed by atoms with Crippen LogP contribution >= 0.6 is 47.8 Å². The molecule has 0 aliphatic rings. The predicted octanol–water partition coefficient (Wildman–Crippen LogP) is 10.3. The van der Waals surface area contributed by atoms with Gasteiger partial charge in [-0.15, -0.1) is 0 Å². The third-order valence-electron chi connectivity index (χ3n) is 5.45. The molecule has 0 saturated carbocycles. The molecular formula is C28H23Br3. The van der Waals surface area contributed by atoms with Gasteiger partial charge in [0.1, 0.15) is 0 Å². The summed E-state index contributed by atoms with van der Waals surface area (Å²) in [6.45, 7) is 6.73. The molecule has 0 amide bonds. The van der Waals surface area contributed by atoms with E-state index in [1.165, 1.54) is 38.9 Å². The van der Waals surface area contributed by atoms with Crippen molar-refractivity contribution >= 4 is 47.8 Å². The van der Waals surface area contributed by atoms with Crippen molar-refractivity contribution in [2.24, 2.45) is 0 Å². The minimum Gasteiger partial charge on any atom is -0.0616 e. The highest BCUT2D eigenvalue weighted by molar-refractivity contribution is 9.11. The van der Waals surface area contributed by atoms with Crippen LogP contribution in [0, 0.1) is 0 Å². The van der Waals surface area contributed by atoms with Crippen molar-refractivity contribution in [2.75, 3.05) is 0 Å². The maximum Gasteiger partial charge on any atom is 0.0256 e. The fourth-order valence-corrected chi connectivity index (χ4v) is 5.34. The van der Waals surface area contributed by atoms with Crippen molar-refractivity contribution in [2.45, 2.75) is 26.2 Å². The molecule has 0 heterocycles. The van der Waals surface area contributed by atoms with Gasteiger partial charge in [-0.3, -0.25) is 0 Å². The zero-order chi connectivity index (χ0) is 22.2. The van der Waals surface area contributed by atoms with Crippen molar-refractivity contribution < 1.29 is 0 Å². The first-order valence-electron chi connectivity index (χ1n) is 10.2. The van der Waals surface area contributed by atoms with E-state index < -0.39 is 0 Å². The molecule has 0 aromatic heterocycles. The number of rotatable bonds is 3. The Balaban J connectivity index is 1.95. The maximum absolute atomic E-state index is 3.85. The Labute approximate surface area is 210 Å². The van der Waals surface area contributed by atoms with E-state index in [2.05, 4.69) is 141 Å². The Morgan fingerprint density at radius 3 is 1.29 bits per heavy atom. The SMILES string of the molecule is CC(C)(C)c1ccc(-c2cc(-c3ccccc3Br)cc(-c3ccccc3Br)c2)c(Br)c1. The van der Waals surface area contributed by atoms with E-state index in [0.717, 1.165) is 13.4 Å². The molecule has 0 aliphatic carbocycles. The van der Waals surface area contributed by atoms with E-state index in [9.17, 15) is 0 Å². The van der Waals surface area contributed by atoms with Gasteiger partial charge in [0.25, 0.3) is 0 Å². The Hall–Kier alpha value is -1.68. The van der Waals surface area contributed by atoms with Crippen LogP contribution in [0.1, 0.15) is 26.3 Å². The highest BCUT2D eigenvalue weighted by atomic mass is 79.9.